The number of hydrogen-bond acceptors (Lipinski definition) is 3. The molecular formula is C49H40N2S. The highest BCUT2D eigenvalue weighted by Crippen LogP contribution is 2.60. The summed E-state index contributed by atoms with van der Waals surface area (Å²) in [4.78, 5) is 4.78. The standard InChI is InChI=1S/C49H40N2S/c1-4-12-39(13-5-1)50(40-14-6-2-7-15-40)42-26-22-36(23-27-42)49(34-35-20-21-38(49)32-35)37-24-28-43(29-25-37)51(41-16-8-3-9-17-41)44-30-31-48-46(33-44)45-18-10-11-19-47(45)52-48/h1-19,22-31,33,35,38H,20-21,32,34H2. The van der Waals surface area contributed by atoms with E-state index in [2.05, 4.69) is 192 Å². The minimum atomic E-state index is 0.0242. The molecule has 1 heterocycles. The molecule has 3 atom stereocenters. The van der Waals surface area contributed by atoms with Gasteiger partial charge in [0.25, 0.3) is 0 Å². The van der Waals surface area contributed by atoms with Crippen LogP contribution in [0.3, 0.4) is 0 Å². The fourth-order valence-electron chi connectivity index (χ4n) is 9.50. The first kappa shape index (κ1) is 31.1. The predicted molar refractivity (Wildman–Crippen MR) is 221 cm³/mol. The zero-order valence-corrected chi connectivity index (χ0v) is 29.9. The van der Waals surface area contributed by atoms with E-state index in [1.807, 2.05) is 11.3 Å². The molecule has 0 saturated heterocycles. The van der Waals surface area contributed by atoms with Gasteiger partial charge in [0.2, 0.25) is 0 Å². The van der Waals surface area contributed by atoms with Gasteiger partial charge in [0.15, 0.2) is 0 Å². The molecule has 0 N–H and O–H groups in total. The van der Waals surface area contributed by atoms with E-state index < -0.39 is 0 Å². The average Bonchev–Trinajstić information content (AvgIpc) is 3.94. The second-order valence-electron chi connectivity index (χ2n) is 14.6. The average molecular weight is 689 g/mol. The van der Waals surface area contributed by atoms with Crippen molar-refractivity contribution in [2.24, 2.45) is 11.8 Å². The van der Waals surface area contributed by atoms with Gasteiger partial charge in [-0.05, 0) is 127 Å². The summed E-state index contributed by atoms with van der Waals surface area (Å²) >= 11 is 1.87. The number of benzene rings is 7. The second-order valence-corrected chi connectivity index (χ2v) is 15.7. The Balaban J connectivity index is 1.04. The lowest BCUT2D eigenvalue weighted by atomic mass is 9.64. The molecule has 0 aliphatic heterocycles. The van der Waals surface area contributed by atoms with Gasteiger partial charge in [0.05, 0.1) is 0 Å². The van der Waals surface area contributed by atoms with Gasteiger partial charge in [-0.25, -0.2) is 0 Å². The maximum atomic E-state index is 2.44. The summed E-state index contributed by atoms with van der Waals surface area (Å²) in [5, 5.41) is 2.64. The van der Waals surface area contributed by atoms with Crippen LogP contribution >= 0.6 is 11.3 Å². The first-order chi connectivity index (χ1) is 25.7. The Labute approximate surface area is 310 Å². The lowest BCUT2D eigenvalue weighted by Gasteiger charge is -2.40. The van der Waals surface area contributed by atoms with Gasteiger partial charge in [-0.1, -0.05) is 103 Å². The lowest BCUT2D eigenvalue weighted by molar-refractivity contribution is 0.320. The molecule has 2 nitrogen and oxygen atoms in total. The highest BCUT2D eigenvalue weighted by atomic mass is 32.1. The quantitative estimate of drug-likeness (QED) is 0.157. The normalized spacial score (nSPS) is 19.3. The van der Waals surface area contributed by atoms with Crippen LogP contribution in [0.2, 0.25) is 0 Å². The van der Waals surface area contributed by atoms with Crippen molar-refractivity contribution in [1.82, 2.24) is 0 Å². The van der Waals surface area contributed by atoms with E-state index in [1.165, 1.54) is 91.1 Å². The van der Waals surface area contributed by atoms with E-state index in [-0.39, 0.29) is 5.41 Å². The van der Waals surface area contributed by atoms with E-state index >= 15 is 0 Å². The first-order valence-electron chi connectivity index (χ1n) is 18.6. The number of hydrogen-bond donors (Lipinski definition) is 0. The third-order valence-electron chi connectivity index (χ3n) is 11.8. The molecule has 0 spiro atoms. The van der Waals surface area contributed by atoms with Crippen molar-refractivity contribution in [3.63, 3.8) is 0 Å². The van der Waals surface area contributed by atoms with Gasteiger partial charge >= 0.3 is 0 Å². The van der Waals surface area contributed by atoms with Crippen molar-refractivity contribution >= 4 is 65.6 Å². The molecule has 252 valence electrons. The van der Waals surface area contributed by atoms with Crippen LogP contribution in [0, 0.1) is 11.8 Å². The monoisotopic (exact) mass is 688 g/mol. The Morgan fingerprint density at radius 1 is 0.423 bits per heavy atom. The Bertz CT molecular complexity index is 2430. The van der Waals surface area contributed by atoms with E-state index in [1.54, 1.807) is 0 Å². The maximum Gasteiger partial charge on any atom is 0.0468 e. The first-order valence-corrected chi connectivity index (χ1v) is 19.4. The van der Waals surface area contributed by atoms with Crippen molar-refractivity contribution < 1.29 is 0 Å². The molecular weight excluding hydrogens is 649 g/mol. The number of anilines is 6. The Morgan fingerprint density at radius 3 is 1.40 bits per heavy atom. The summed E-state index contributed by atoms with van der Waals surface area (Å²) in [6.45, 7) is 0. The highest BCUT2D eigenvalue weighted by Gasteiger charge is 2.52. The van der Waals surface area contributed by atoms with Crippen molar-refractivity contribution in [2.75, 3.05) is 9.80 Å². The molecule has 10 rings (SSSR count). The lowest BCUT2D eigenvalue weighted by Crippen LogP contribution is -2.34. The van der Waals surface area contributed by atoms with Crippen LogP contribution in [0.4, 0.5) is 34.1 Å². The number of nitrogens with zero attached hydrogens (tertiary/aromatic N) is 2. The molecule has 2 bridgehead atoms. The van der Waals surface area contributed by atoms with E-state index in [0.717, 1.165) is 5.92 Å². The van der Waals surface area contributed by atoms with Crippen LogP contribution in [0.15, 0.2) is 182 Å². The summed E-state index contributed by atoms with van der Waals surface area (Å²) in [6.07, 6.45) is 5.22. The van der Waals surface area contributed by atoms with E-state index in [4.69, 9.17) is 0 Å². The number of fused-ring (bicyclic) bond motifs is 5. The summed E-state index contributed by atoms with van der Waals surface area (Å²) in [5.74, 6) is 1.45. The van der Waals surface area contributed by atoms with E-state index in [9.17, 15) is 0 Å². The molecule has 2 aliphatic carbocycles. The molecule has 1 aromatic heterocycles. The molecule has 8 aromatic rings. The predicted octanol–water partition coefficient (Wildman–Crippen LogP) is 14.1. The molecule has 2 saturated carbocycles. The number of thiophene rings is 1. The fraction of sp³-hybridized carbons (Fsp3) is 0.143. The van der Waals surface area contributed by atoms with Gasteiger partial charge in [0, 0.05) is 59.7 Å². The van der Waals surface area contributed by atoms with Crippen molar-refractivity contribution in [2.45, 2.75) is 31.1 Å². The van der Waals surface area contributed by atoms with Crippen molar-refractivity contribution in [3.05, 3.63) is 193 Å². The van der Waals surface area contributed by atoms with Gasteiger partial charge in [0.1, 0.15) is 0 Å². The summed E-state index contributed by atoms with van der Waals surface area (Å²) in [6, 6.07) is 67.1. The number of para-hydroxylation sites is 3. The van der Waals surface area contributed by atoms with Gasteiger partial charge in [-0.3, -0.25) is 0 Å². The zero-order chi connectivity index (χ0) is 34.5. The topological polar surface area (TPSA) is 6.48 Å². The minimum Gasteiger partial charge on any atom is -0.311 e. The van der Waals surface area contributed by atoms with Crippen LogP contribution < -0.4 is 9.80 Å². The van der Waals surface area contributed by atoms with E-state index in [0.29, 0.717) is 5.92 Å². The molecule has 0 amide bonds. The third-order valence-corrected chi connectivity index (χ3v) is 12.9. The largest absolute Gasteiger partial charge is 0.311 e. The minimum absolute atomic E-state index is 0.0242. The highest BCUT2D eigenvalue weighted by molar-refractivity contribution is 7.25. The molecule has 3 unspecified atom stereocenters. The number of rotatable bonds is 8. The molecule has 7 aromatic carbocycles. The second kappa shape index (κ2) is 12.8. The van der Waals surface area contributed by atoms with Gasteiger partial charge in [-0.15, -0.1) is 11.3 Å². The smallest absolute Gasteiger partial charge is 0.0468 e. The maximum absolute atomic E-state index is 2.44. The molecule has 2 aliphatic rings. The summed E-state index contributed by atoms with van der Waals surface area (Å²) < 4.78 is 2.66. The van der Waals surface area contributed by atoms with Gasteiger partial charge < -0.3 is 9.80 Å². The summed E-state index contributed by atoms with van der Waals surface area (Å²) in [7, 11) is 0. The van der Waals surface area contributed by atoms with Crippen LogP contribution in [0.25, 0.3) is 20.2 Å². The zero-order valence-electron chi connectivity index (χ0n) is 29.1. The third kappa shape index (κ3) is 5.22. The van der Waals surface area contributed by atoms with Gasteiger partial charge in [-0.2, -0.15) is 0 Å². The van der Waals surface area contributed by atoms with Crippen LogP contribution in [0.5, 0.6) is 0 Å². The molecule has 0 radical (unpaired) electrons. The fourth-order valence-corrected chi connectivity index (χ4v) is 10.6. The van der Waals surface area contributed by atoms with Crippen LogP contribution in [-0.4, -0.2) is 0 Å². The van der Waals surface area contributed by atoms with Crippen LogP contribution in [-0.2, 0) is 5.41 Å². The Kier molecular flexibility index (Phi) is 7.69. The Morgan fingerprint density at radius 2 is 0.885 bits per heavy atom. The van der Waals surface area contributed by atoms with Crippen molar-refractivity contribution in [1.29, 1.82) is 0 Å². The summed E-state index contributed by atoms with van der Waals surface area (Å²) in [5.41, 5.74) is 9.98. The Hall–Kier alpha value is -5.64. The van der Waals surface area contributed by atoms with Crippen molar-refractivity contribution in [3.8, 4) is 0 Å². The molecule has 2 fully saturated rings. The van der Waals surface area contributed by atoms with Crippen LogP contribution in [0.1, 0.15) is 36.8 Å². The SMILES string of the molecule is c1ccc(N(c2ccccc2)c2ccc(C3(c4ccc(N(c5ccccc5)c5ccc6sc7ccccc7c6c5)cc4)CC4CCC3C4)cc2)cc1. The molecule has 3 heteroatoms. The molecule has 52 heavy (non-hydrogen) atoms.